The predicted molar refractivity (Wildman–Crippen MR) is 55.6 cm³/mol. The summed E-state index contributed by atoms with van der Waals surface area (Å²) in [6.07, 6.45) is 0.481. The Hall–Kier alpha value is -1.26. The summed E-state index contributed by atoms with van der Waals surface area (Å²) in [4.78, 5) is 24.1. The molecule has 0 aromatic carbocycles. The Morgan fingerprint density at radius 1 is 1.38 bits per heavy atom. The van der Waals surface area contributed by atoms with E-state index in [1.54, 1.807) is 20.8 Å². The molecule has 1 rings (SSSR count). The van der Waals surface area contributed by atoms with Crippen LogP contribution < -0.4 is 5.11 Å². The number of carboxylic acid groups (broad SMARTS) is 1. The van der Waals surface area contributed by atoms with Gasteiger partial charge in [-0.2, -0.15) is 0 Å². The number of hydrogen-bond donors (Lipinski definition) is 0. The number of ether oxygens (including phenoxy) is 1. The summed E-state index contributed by atoms with van der Waals surface area (Å²) >= 11 is 0. The van der Waals surface area contributed by atoms with E-state index in [1.165, 1.54) is 11.8 Å². The van der Waals surface area contributed by atoms with Crippen molar-refractivity contribution in [1.29, 1.82) is 0 Å². The van der Waals surface area contributed by atoms with Gasteiger partial charge in [0.15, 0.2) is 0 Å². The van der Waals surface area contributed by atoms with Crippen molar-refractivity contribution < 1.29 is 19.4 Å². The Morgan fingerprint density at radius 2 is 1.94 bits per heavy atom. The van der Waals surface area contributed by atoms with Crippen LogP contribution in [-0.4, -0.2) is 34.6 Å². The lowest BCUT2D eigenvalue weighted by Crippen LogP contribution is -2.57. The standard InChI is InChI=1S/C11H19NO4/c1-10(2,3)16-9(15)12-7-5-6-11(12,4)8(13)14/h5-7H2,1-4H3,(H,13,14)/p-1/t11-/m1/s1. The van der Waals surface area contributed by atoms with Crippen LogP contribution in [0.1, 0.15) is 40.5 Å². The molecular formula is C11H18NO4-. The Balaban J connectivity index is 2.80. The Kier molecular flexibility index (Phi) is 3.17. The van der Waals surface area contributed by atoms with Crippen LogP contribution in [0.15, 0.2) is 0 Å². The van der Waals surface area contributed by atoms with Gasteiger partial charge in [-0.05, 0) is 40.5 Å². The summed E-state index contributed by atoms with van der Waals surface area (Å²) < 4.78 is 5.16. The molecular weight excluding hydrogens is 210 g/mol. The van der Waals surface area contributed by atoms with Crippen molar-refractivity contribution in [2.75, 3.05) is 6.54 Å². The van der Waals surface area contributed by atoms with Crippen LogP contribution in [-0.2, 0) is 9.53 Å². The van der Waals surface area contributed by atoms with Gasteiger partial charge in [-0.25, -0.2) is 4.79 Å². The highest BCUT2D eigenvalue weighted by Gasteiger charge is 2.42. The van der Waals surface area contributed by atoms with Gasteiger partial charge >= 0.3 is 6.09 Å². The number of likely N-dealkylation sites (tertiary alicyclic amines) is 1. The quantitative estimate of drug-likeness (QED) is 0.656. The lowest BCUT2D eigenvalue weighted by atomic mass is 10.00. The molecule has 5 nitrogen and oxygen atoms in total. The van der Waals surface area contributed by atoms with Crippen molar-refractivity contribution in [2.45, 2.75) is 51.7 Å². The number of carboxylic acids is 1. The third kappa shape index (κ3) is 2.46. The first kappa shape index (κ1) is 12.8. The molecule has 1 fully saturated rings. The number of amides is 1. The fourth-order valence-corrected chi connectivity index (χ4v) is 1.79. The molecule has 0 unspecified atom stereocenters. The van der Waals surface area contributed by atoms with Gasteiger partial charge in [0.05, 0.1) is 11.5 Å². The molecule has 1 saturated heterocycles. The Bertz CT molecular complexity index is 308. The van der Waals surface area contributed by atoms with E-state index in [-0.39, 0.29) is 0 Å². The predicted octanol–water partition coefficient (Wildman–Crippen LogP) is 0.526. The van der Waals surface area contributed by atoms with Gasteiger partial charge in [-0.3, -0.25) is 4.90 Å². The highest BCUT2D eigenvalue weighted by Crippen LogP contribution is 2.29. The average Bonchev–Trinajstić information content (AvgIpc) is 2.45. The zero-order chi connectivity index (χ0) is 12.6. The number of rotatable bonds is 1. The first-order valence-electron chi connectivity index (χ1n) is 5.39. The van der Waals surface area contributed by atoms with Gasteiger partial charge in [0.25, 0.3) is 0 Å². The van der Waals surface area contributed by atoms with Crippen molar-refractivity contribution in [3.63, 3.8) is 0 Å². The molecule has 0 saturated carbocycles. The molecule has 16 heavy (non-hydrogen) atoms. The van der Waals surface area contributed by atoms with E-state index in [9.17, 15) is 14.7 Å². The van der Waals surface area contributed by atoms with E-state index >= 15 is 0 Å². The number of aliphatic carboxylic acids is 1. The summed E-state index contributed by atoms with van der Waals surface area (Å²) in [6, 6.07) is 0. The summed E-state index contributed by atoms with van der Waals surface area (Å²) in [6.45, 7) is 7.14. The minimum absolute atomic E-state index is 0.402. The minimum atomic E-state index is -1.23. The van der Waals surface area contributed by atoms with Crippen molar-refractivity contribution in [3.8, 4) is 0 Å². The summed E-state index contributed by atoms with van der Waals surface area (Å²) in [7, 11) is 0. The zero-order valence-corrected chi connectivity index (χ0v) is 10.2. The molecule has 0 aromatic heterocycles. The molecule has 5 heteroatoms. The molecule has 1 heterocycles. The van der Waals surface area contributed by atoms with Crippen LogP contribution in [0.3, 0.4) is 0 Å². The molecule has 1 atom stereocenters. The van der Waals surface area contributed by atoms with Crippen molar-refractivity contribution >= 4 is 12.1 Å². The smallest absolute Gasteiger partial charge is 0.411 e. The molecule has 1 aliphatic heterocycles. The van der Waals surface area contributed by atoms with E-state index in [4.69, 9.17) is 4.74 Å². The Labute approximate surface area is 95.4 Å². The fraction of sp³-hybridized carbons (Fsp3) is 0.818. The molecule has 0 spiro atoms. The number of nitrogens with zero attached hydrogens (tertiary/aromatic N) is 1. The molecule has 0 bridgehead atoms. The van der Waals surface area contributed by atoms with E-state index < -0.39 is 23.2 Å². The number of hydrogen-bond acceptors (Lipinski definition) is 4. The van der Waals surface area contributed by atoms with Gasteiger partial charge in [-0.15, -0.1) is 0 Å². The normalized spacial score (nSPS) is 25.6. The van der Waals surface area contributed by atoms with Crippen LogP contribution in [0.25, 0.3) is 0 Å². The van der Waals surface area contributed by atoms with Crippen LogP contribution in [0, 0.1) is 0 Å². The fourth-order valence-electron chi connectivity index (χ4n) is 1.79. The van der Waals surface area contributed by atoms with Gasteiger partial charge in [0, 0.05) is 6.54 Å². The van der Waals surface area contributed by atoms with Gasteiger partial charge in [0.1, 0.15) is 5.60 Å². The monoisotopic (exact) mass is 228 g/mol. The lowest BCUT2D eigenvalue weighted by Gasteiger charge is -2.36. The third-order valence-electron chi connectivity index (χ3n) is 2.69. The molecule has 0 aliphatic carbocycles. The van der Waals surface area contributed by atoms with Crippen LogP contribution in [0.2, 0.25) is 0 Å². The lowest BCUT2D eigenvalue weighted by molar-refractivity contribution is -0.316. The van der Waals surface area contributed by atoms with Crippen LogP contribution in [0.4, 0.5) is 4.79 Å². The van der Waals surface area contributed by atoms with E-state index in [1.807, 2.05) is 0 Å². The minimum Gasteiger partial charge on any atom is -0.548 e. The Morgan fingerprint density at radius 3 is 2.38 bits per heavy atom. The molecule has 92 valence electrons. The second-order valence-corrected chi connectivity index (χ2v) is 5.30. The molecule has 1 amide bonds. The van der Waals surface area contributed by atoms with E-state index in [0.717, 1.165) is 0 Å². The van der Waals surface area contributed by atoms with Crippen molar-refractivity contribution in [1.82, 2.24) is 4.90 Å². The largest absolute Gasteiger partial charge is 0.548 e. The van der Waals surface area contributed by atoms with Gasteiger partial charge in [-0.1, -0.05) is 0 Å². The van der Waals surface area contributed by atoms with Gasteiger partial charge < -0.3 is 14.6 Å². The summed E-state index contributed by atoms with van der Waals surface area (Å²) in [5.41, 5.74) is -1.85. The van der Waals surface area contributed by atoms with Crippen molar-refractivity contribution in [3.05, 3.63) is 0 Å². The highest BCUT2D eigenvalue weighted by molar-refractivity contribution is 5.83. The maximum atomic E-state index is 11.8. The topological polar surface area (TPSA) is 69.7 Å². The van der Waals surface area contributed by atoms with Gasteiger partial charge in [0.2, 0.25) is 0 Å². The molecule has 0 aromatic rings. The molecule has 0 N–H and O–H groups in total. The highest BCUT2D eigenvalue weighted by atomic mass is 16.6. The van der Waals surface area contributed by atoms with Crippen LogP contribution >= 0.6 is 0 Å². The second kappa shape index (κ2) is 3.96. The molecule has 1 aliphatic rings. The summed E-state index contributed by atoms with van der Waals surface area (Å²) in [5, 5.41) is 11.0. The average molecular weight is 228 g/mol. The zero-order valence-electron chi connectivity index (χ0n) is 10.2. The summed E-state index contributed by atoms with van der Waals surface area (Å²) in [5.74, 6) is -1.23. The molecule has 0 radical (unpaired) electrons. The maximum absolute atomic E-state index is 11.8. The number of carbonyl (C=O) groups excluding carboxylic acids is 2. The van der Waals surface area contributed by atoms with E-state index in [2.05, 4.69) is 0 Å². The van der Waals surface area contributed by atoms with Crippen molar-refractivity contribution in [2.24, 2.45) is 0 Å². The second-order valence-electron chi connectivity index (χ2n) is 5.30. The van der Waals surface area contributed by atoms with E-state index in [0.29, 0.717) is 19.4 Å². The maximum Gasteiger partial charge on any atom is 0.411 e. The van der Waals surface area contributed by atoms with Crippen LogP contribution in [0.5, 0.6) is 0 Å². The first-order chi connectivity index (χ1) is 7.17. The SMILES string of the molecule is CC(C)(C)OC(=O)N1CCC[C@]1(C)C(=O)[O-]. The third-order valence-corrected chi connectivity index (χ3v) is 2.69. The number of carbonyl (C=O) groups is 2. The first-order valence-corrected chi connectivity index (χ1v) is 5.39.